The van der Waals surface area contributed by atoms with Crippen LogP contribution in [0.4, 0.5) is 0 Å². The lowest BCUT2D eigenvalue weighted by Crippen LogP contribution is -2.35. The molecular formula is C17H20N2O3S2. The summed E-state index contributed by atoms with van der Waals surface area (Å²) in [6.45, 7) is 2.06. The number of nitrogens with one attached hydrogen (secondary N) is 1. The molecule has 128 valence electrons. The van der Waals surface area contributed by atoms with Crippen molar-refractivity contribution in [2.45, 2.75) is 32.2 Å². The summed E-state index contributed by atoms with van der Waals surface area (Å²) in [6, 6.07) is 7.86. The predicted octanol–water partition coefficient (Wildman–Crippen LogP) is 2.35. The zero-order valence-electron chi connectivity index (χ0n) is 13.5. The molecular weight excluding hydrogens is 344 g/mol. The van der Waals surface area contributed by atoms with Gasteiger partial charge >= 0.3 is 0 Å². The number of aryl methyl sites for hydroxylation is 2. The minimum absolute atomic E-state index is 0.0624. The van der Waals surface area contributed by atoms with Gasteiger partial charge in [-0.1, -0.05) is 24.3 Å². The van der Waals surface area contributed by atoms with Gasteiger partial charge in [-0.2, -0.15) is 0 Å². The summed E-state index contributed by atoms with van der Waals surface area (Å²) in [5.41, 5.74) is 3.19. The van der Waals surface area contributed by atoms with Crippen molar-refractivity contribution in [3.63, 3.8) is 0 Å². The highest BCUT2D eigenvalue weighted by Gasteiger charge is 2.28. The number of aromatic nitrogens is 1. The summed E-state index contributed by atoms with van der Waals surface area (Å²) < 4.78 is 22.8. The number of hydrogen-bond donors (Lipinski definition) is 1. The van der Waals surface area contributed by atoms with Gasteiger partial charge in [0.1, 0.15) is 5.01 Å². The van der Waals surface area contributed by atoms with E-state index >= 15 is 0 Å². The molecule has 3 rings (SSSR count). The first-order valence-corrected chi connectivity index (χ1v) is 10.6. The van der Waals surface area contributed by atoms with E-state index in [4.69, 9.17) is 0 Å². The Morgan fingerprint density at radius 2 is 2.17 bits per heavy atom. The van der Waals surface area contributed by atoms with Gasteiger partial charge in [0.25, 0.3) is 0 Å². The fraction of sp³-hybridized carbons (Fsp3) is 0.412. The standard InChI is InChI=1S/C17H20N2O3S2/c1-12-4-2-3-5-15(12)17-19-13(10-23-17)6-7-16(20)18-14-8-9-24(21,22)11-14/h2-5,10,14H,6-9,11H2,1H3,(H,18,20). The van der Waals surface area contributed by atoms with E-state index in [-0.39, 0.29) is 23.5 Å². The second kappa shape index (κ2) is 7.03. The van der Waals surface area contributed by atoms with Gasteiger partial charge in [0.05, 0.1) is 17.2 Å². The van der Waals surface area contributed by atoms with E-state index in [0.29, 0.717) is 19.3 Å². The number of carbonyl (C=O) groups excluding carboxylic acids is 1. The Bertz CT molecular complexity index is 843. The average Bonchev–Trinajstić information content (AvgIpc) is 3.12. The van der Waals surface area contributed by atoms with Crippen LogP contribution in [0, 0.1) is 6.92 Å². The minimum Gasteiger partial charge on any atom is -0.352 e. The van der Waals surface area contributed by atoms with E-state index in [1.165, 1.54) is 5.56 Å². The van der Waals surface area contributed by atoms with E-state index < -0.39 is 9.84 Å². The summed E-state index contributed by atoms with van der Waals surface area (Å²) in [6.07, 6.45) is 1.41. The number of nitrogens with zero attached hydrogens (tertiary/aromatic N) is 1. The molecule has 1 amide bonds. The van der Waals surface area contributed by atoms with Gasteiger partial charge in [0.15, 0.2) is 9.84 Å². The molecule has 0 bridgehead atoms. The van der Waals surface area contributed by atoms with Gasteiger partial charge in [-0.25, -0.2) is 13.4 Å². The third-order valence-corrected chi connectivity index (χ3v) is 6.83. The van der Waals surface area contributed by atoms with E-state index in [9.17, 15) is 13.2 Å². The molecule has 0 saturated carbocycles. The lowest BCUT2D eigenvalue weighted by molar-refractivity contribution is -0.121. The molecule has 1 N–H and O–H groups in total. The van der Waals surface area contributed by atoms with Crippen molar-refractivity contribution in [2.75, 3.05) is 11.5 Å². The Morgan fingerprint density at radius 3 is 2.88 bits per heavy atom. The number of benzene rings is 1. The van der Waals surface area contributed by atoms with Crippen molar-refractivity contribution >= 4 is 27.1 Å². The highest BCUT2D eigenvalue weighted by atomic mass is 32.2. The number of carbonyl (C=O) groups is 1. The molecule has 2 aromatic rings. The van der Waals surface area contributed by atoms with Crippen molar-refractivity contribution in [1.82, 2.24) is 10.3 Å². The van der Waals surface area contributed by atoms with Crippen LogP contribution in [0.5, 0.6) is 0 Å². The maximum atomic E-state index is 12.0. The first kappa shape index (κ1) is 17.1. The van der Waals surface area contributed by atoms with Crippen LogP contribution in [0.1, 0.15) is 24.1 Å². The monoisotopic (exact) mass is 364 g/mol. The second-order valence-electron chi connectivity index (χ2n) is 6.13. The summed E-state index contributed by atoms with van der Waals surface area (Å²) in [4.78, 5) is 16.6. The zero-order chi connectivity index (χ0) is 17.2. The Balaban J connectivity index is 1.54. The van der Waals surface area contributed by atoms with Gasteiger partial charge in [0, 0.05) is 23.4 Å². The molecule has 0 radical (unpaired) electrons. The molecule has 1 unspecified atom stereocenters. The third kappa shape index (κ3) is 4.21. The lowest BCUT2D eigenvalue weighted by atomic mass is 10.1. The SMILES string of the molecule is Cc1ccccc1-c1nc(CCC(=O)NC2CCS(=O)(=O)C2)cs1. The van der Waals surface area contributed by atoms with Crippen molar-refractivity contribution in [3.8, 4) is 10.6 Å². The first-order chi connectivity index (χ1) is 11.4. The summed E-state index contributed by atoms with van der Waals surface area (Å²) in [5.74, 6) is 0.124. The molecule has 2 heterocycles. The molecule has 0 aliphatic carbocycles. The van der Waals surface area contributed by atoms with E-state index in [2.05, 4.69) is 23.3 Å². The maximum Gasteiger partial charge on any atom is 0.220 e. The third-order valence-electron chi connectivity index (χ3n) is 4.13. The van der Waals surface area contributed by atoms with Crippen molar-refractivity contribution in [1.29, 1.82) is 0 Å². The molecule has 24 heavy (non-hydrogen) atoms. The average molecular weight is 364 g/mol. The first-order valence-electron chi connectivity index (χ1n) is 7.93. The molecule has 1 aliphatic heterocycles. The van der Waals surface area contributed by atoms with Crippen LogP contribution < -0.4 is 5.32 Å². The van der Waals surface area contributed by atoms with Crippen LogP contribution in [0.15, 0.2) is 29.6 Å². The number of rotatable bonds is 5. The Labute approximate surface area is 146 Å². The minimum atomic E-state index is -2.96. The number of thiazole rings is 1. The highest BCUT2D eigenvalue weighted by molar-refractivity contribution is 7.91. The molecule has 1 fully saturated rings. The summed E-state index contributed by atoms with van der Waals surface area (Å²) >= 11 is 1.58. The van der Waals surface area contributed by atoms with Gasteiger partial charge in [-0.15, -0.1) is 11.3 Å². The van der Waals surface area contributed by atoms with Crippen LogP contribution in [0.3, 0.4) is 0 Å². The number of amides is 1. The maximum absolute atomic E-state index is 12.0. The smallest absolute Gasteiger partial charge is 0.220 e. The van der Waals surface area contributed by atoms with Crippen LogP contribution in [-0.4, -0.2) is 36.9 Å². The molecule has 5 nitrogen and oxygen atoms in total. The van der Waals surface area contributed by atoms with Crippen LogP contribution >= 0.6 is 11.3 Å². The van der Waals surface area contributed by atoms with Gasteiger partial charge in [0.2, 0.25) is 5.91 Å². The summed E-state index contributed by atoms with van der Waals surface area (Å²) in [7, 11) is -2.96. The van der Waals surface area contributed by atoms with E-state index in [0.717, 1.165) is 16.3 Å². The van der Waals surface area contributed by atoms with Crippen molar-refractivity contribution in [3.05, 3.63) is 40.9 Å². The normalized spacial score (nSPS) is 19.3. The van der Waals surface area contributed by atoms with Crippen LogP contribution in [0.2, 0.25) is 0 Å². The van der Waals surface area contributed by atoms with Gasteiger partial charge in [-0.05, 0) is 25.3 Å². The fourth-order valence-electron chi connectivity index (χ4n) is 2.81. The highest BCUT2D eigenvalue weighted by Crippen LogP contribution is 2.26. The second-order valence-corrected chi connectivity index (χ2v) is 9.21. The van der Waals surface area contributed by atoms with E-state index in [1.807, 2.05) is 23.6 Å². The number of sulfone groups is 1. The molecule has 1 aliphatic rings. The molecule has 7 heteroatoms. The van der Waals surface area contributed by atoms with Gasteiger partial charge in [-0.3, -0.25) is 4.79 Å². The molecule has 1 aromatic heterocycles. The van der Waals surface area contributed by atoms with Crippen molar-refractivity contribution in [2.24, 2.45) is 0 Å². The molecule has 1 atom stereocenters. The van der Waals surface area contributed by atoms with Crippen LogP contribution in [-0.2, 0) is 21.1 Å². The van der Waals surface area contributed by atoms with Crippen LogP contribution in [0.25, 0.3) is 10.6 Å². The van der Waals surface area contributed by atoms with Gasteiger partial charge < -0.3 is 5.32 Å². The topological polar surface area (TPSA) is 76.1 Å². The Morgan fingerprint density at radius 1 is 1.38 bits per heavy atom. The summed E-state index contributed by atoms with van der Waals surface area (Å²) in [5, 5.41) is 5.75. The Kier molecular flexibility index (Phi) is 5.01. The Hall–Kier alpha value is -1.73. The lowest BCUT2D eigenvalue weighted by Gasteiger charge is -2.10. The van der Waals surface area contributed by atoms with E-state index in [1.54, 1.807) is 11.3 Å². The molecule has 1 aromatic carbocycles. The molecule has 1 saturated heterocycles. The zero-order valence-corrected chi connectivity index (χ0v) is 15.1. The fourth-order valence-corrected chi connectivity index (χ4v) is 5.43. The largest absolute Gasteiger partial charge is 0.352 e. The molecule has 0 spiro atoms. The van der Waals surface area contributed by atoms with Crippen molar-refractivity contribution < 1.29 is 13.2 Å². The quantitative estimate of drug-likeness (QED) is 0.884. The predicted molar refractivity (Wildman–Crippen MR) is 95.8 cm³/mol. The number of hydrogen-bond acceptors (Lipinski definition) is 5.